The van der Waals surface area contributed by atoms with Crippen LogP contribution in [0.25, 0.3) is 0 Å². The molecule has 2 amide bonds. The van der Waals surface area contributed by atoms with Crippen LogP contribution in [0.5, 0.6) is 0 Å². The molecule has 0 saturated carbocycles. The van der Waals surface area contributed by atoms with Crippen molar-refractivity contribution >= 4 is 11.8 Å². The molecule has 0 saturated heterocycles. The van der Waals surface area contributed by atoms with E-state index in [1.807, 2.05) is 0 Å². The zero-order chi connectivity index (χ0) is 15.1. The summed E-state index contributed by atoms with van der Waals surface area (Å²) in [5, 5.41) is 2.31. The fourth-order valence-electron chi connectivity index (χ4n) is 1.67. The van der Waals surface area contributed by atoms with Gasteiger partial charge in [0.25, 0.3) is 5.91 Å². The van der Waals surface area contributed by atoms with E-state index in [4.69, 9.17) is 5.73 Å². The zero-order valence-electron chi connectivity index (χ0n) is 10.9. The summed E-state index contributed by atoms with van der Waals surface area (Å²) in [5.74, 6) is -3.97. The number of halogens is 2. The highest BCUT2D eigenvalue weighted by atomic mass is 19.2. The Hall–Kier alpha value is -2.24. The minimum Gasteiger partial charge on any atom is -0.368 e. The van der Waals surface area contributed by atoms with E-state index in [9.17, 15) is 18.4 Å². The predicted octanol–water partition coefficient (Wildman–Crippen LogP) is 1.90. The van der Waals surface area contributed by atoms with Crippen molar-refractivity contribution in [1.82, 2.24) is 5.32 Å². The summed E-state index contributed by atoms with van der Waals surface area (Å²) in [7, 11) is 0. The highest BCUT2D eigenvalue weighted by Gasteiger charge is 2.21. The first-order chi connectivity index (χ1) is 9.47. The number of carbonyl (C=O) groups is 2. The average Bonchev–Trinajstić information content (AvgIpc) is 2.40. The van der Waals surface area contributed by atoms with Crippen molar-refractivity contribution in [3.63, 3.8) is 0 Å². The fraction of sp³-hybridized carbons (Fsp3) is 0.286. The Morgan fingerprint density at radius 1 is 1.40 bits per heavy atom. The Bertz CT molecular complexity index is 518. The van der Waals surface area contributed by atoms with Gasteiger partial charge in [0.1, 0.15) is 6.04 Å². The van der Waals surface area contributed by atoms with Crippen molar-refractivity contribution in [2.24, 2.45) is 5.73 Å². The van der Waals surface area contributed by atoms with Crippen molar-refractivity contribution in [2.45, 2.75) is 25.3 Å². The molecule has 1 aromatic carbocycles. The van der Waals surface area contributed by atoms with Crippen LogP contribution in [0.4, 0.5) is 8.78 Å². The van der Waals surface area contributed by atoms with Gasteiger partial charge in [-0.25, -0.2) is 8.78 Å². The topological polar surface area (TPSA) is 72.2 Å². The highest BCUT2D eigenvalue weighted by Crippen LogP contribution is 2.12. The molecule has 1 aromatic rings. The number of nitrogens with two attached hydrogens (primary N) is 1. The van der Waals surface area contributed by atoms with E-state index in [0.29, 0.717) is 19.3 Å². The molecule has 108 valence electrons. The lowest BCUT2D eigenvalue weighted by Gasteiger charge is -2.15. The van der Waals surface area contributed by atoms with E-state index < -0.39 is 35.1 Å². The van der Waals surface area contributed by atoms with Gasteiger partial charge in [-0.2, -0.15) is 0 Å². The van der Waals surface area contributed by atoms with Gasteiger partial charge >= 0.3 is 0 Å². The zero-order valence-corrected chi connectivity index (χ0v) is 10.9. The third kappa shape index (κ3) is 4.15. The molecule has 3 N–H and O–H groups in total. The summed E-state index contributed by atoms with van der Waals surface area (Å²) in [6.45, 7) is 3.54. The van der Waals surface area contributed by atoms with Crippen LogP contribution >= 0.6 is 0 Å². The van der Waals surface area contributed by atoms with Crippen LogP contribution in [0.3, 0.4) is 0 Å². The molecule has 0 spiro atoms. The van der Waals surface area contributed by atoms with Crippen LogP contribution in [0.1, 0.15) is 29.6 Å². The third-order valence-electron chi connectivity index (χ3n) is 2.75. The Morgan fingerprint density at radius 3 is 2.70 bits per heavy atom. The third-order valence-corrected chi connectivity index (χ3v) is 2.75. The van der Waals surface area contributed by atoms with Crippen molar-refractivity contribution < 1.29 is 18.4 Å². The molecular weight excluding hydrogens is 266 g/mol. The second-order valence-electron chi connectivity index (χ2n) is 4.25. The number of unbranched alkanes of at least 4 members (excludes halogenated alkanes) is 1. The van der Waals surface area contributed by atoms with Crippen LogP contribution in [0, 0.1) is 11.6 Å². The lowest BCUT2D eigenvalue weighted by molar-refractivity contribution is -0.120. The molecule has 0 fully saturated rings. The molecule has 1 atom stereocenters. The van der Waals surface area contributed by atoms with Gasteiger partial charge < -0.3 is 11.1 Å². The summed E-state index contributed by atoms with van der Waals surface area (Å²) in [6, 6.07) is 2.33. The van der Waals surface area contributed by atoms with Crippen molar-refractivity contribution in [2.75, 3.05) is 0 Å². The number of rotatable bonds is 7. The predicted molar refractivity (Wildman–Crippen MR) is 70.9 cm³/mol. The van der Waals surface area contributed by atoms with Gasteiger partial charge in [-0.1, -0.05) is 12.1 Å². The monoisotopic (exact) mass is 282 g/mol. The number of nitrogens with one attached hydrogen (secondary N) is 1. The highest BCUT2D eigenvalue weighted by molar-refractivity contribution is 5.97. The Morgan fingerprint density at radius 2 is 2.10 bits per heavy atom. The molecule has 20 heavy (non-hydrogen) atoms. The van der Waals surface area contributed by atoms with E-state index in [0.717, 1.165) is 12.1 Å². The van der Waals surface area contributed by atoms with Crippen LogP contribution in [0.2, 0.25) is 0 Å². The molecule has 0 heterocycles. The lowest BCUT2D eigenvalue weighted by Crippen LogP contribution is -2.44. The minimum absolute atomic E-state index is 0.310. The van der Waals surface area contributed by atoms with E-state index in [1.165, 1.54) is 6.07 Å². The largest absolute Gasteiger partial charge is 0.368 e. The van der Waals surface area contributed by atoms with Gasteiger partial charge in [0.2, 0.25) is 5.91 Å². The fourth-order valence-corrected chi connectivity index (χ4v) is 1.67. The van der Waals surface area contributed by atoms with Gasteiger partial charge in [-0.15, -0.1) is 6.58 Å². The standard InChI is InChI=1S/C14H16F2N2O2/c1-2-3-4-8-11(13(17)19)18-14(20)9-6-5-7-10(15)12(9)16/h2,5-7,11H,1,3-4,8H2,(H2,17,19)(H,18,20)/t11-/m0/s1. The molecule has 0 bridgehead atoms. The number of allylic oxidation sites excluding steroid dienone is 1. The van der Waals surface area contributed by atoms with Crippen molar-refractivity contribution in [3.8, 4) is 0 Å². The van der Waals surface area contributed by atoms with E-state index in [2.05, 4.69) is 11.9 Å². The lowest BCUT2D eigenvalue weighted by atomic mass is 10.1. The van der Waals surface area contributed by atoms with Gasteiger partial charge in [-0.3, -0.25) is 9.59 Å². The normalized spacial score (nSPS) is 11.7. The summed E-state index contributed by atoms with van der Waals surface area (Å²) in [5.41, 5.74) is 4.71. The Kier molecular flexibility index (Phi) is 5.83. The summed E-state index contributed by atoms with van der Waals surface area (Å²) >= 11 is 0. The van der Waals surface area contributed by atoms with E-state index >= 15 is 0 Å². The number of benzene rings is 1. The smallest absolute Gasteiger partial charge is 0.255 e. The number of primary amides is 1. The van der Waals surface area contributed by atoms with Gasteiger partial charge in [0.05, 0.1) is 5.56 Å². The van der Waals surface area contributed by atoms with E-state index in [-0.39, 0.29) is 0 Å². The molecule has 0 aliphatic heterocycles. The Labute approximate surface area is 115 Å². The van der Waals surface area contributed by atoms with Crippen LogP contribution in [-0.4, -0.2) is 17.9 Å². The minimum atomic E-state index is -1.25. The van der Waals surface area contributed by atoms with Crippen molar-refractivity contribution in [3.05, 3.63) is 48.1 Å². The first-order valence-electron chi connectivity index (χ1n) is 6.12. The molecule has 6 heteroatoms. The first-order valence-corrected chi connectivity index (χ1v) is 6.12. The summed E-state index contributed by atoms with van der Waals surface area (Å²) < 4.78 is 26.5. The molecule has 4 nitrogen and oxygen atoms in total. The maximum absolute atomic E-state index is 13.4. The molecule has 0 aliphatic carbocycles. The summed E-state index contributed by atoms with van der Waals surface area (Å²) in [6.07, 6.45) is 3.24. The van der Waals surface area contributed by atoms with Crippen LogP contribution in [-0.2, 0) is 4.79 Å². The van der Waals surface area contributed by atoms with Crippen LogP contribution < -0.4 is 11.1 Å². The number of amides is 2. The van der Waals surface area contributed by atoms with Gasteiger partial charge in [0.15, 0.2) is 11.6 Å². The Balaban J connectivity index is 2.77. The first kappa shape index (κ1) is 15.8. The van der Waals surface area contributed by atoms with Crippen molar-refractivity contribution in [1.29, 1.82) is 0 Å². The quantitative estimate of drug-likeness (QED) is 0.592. The average molecular weight is 282 g/mol. The van der Waals surface area contributed by atoms with Gasteiger partial charge in [-0.05, 0) is 31.4 Å². The van der Waals surface area contributed by atoms with Gasteiger partial charge in [0, 0.05) is 0 Å². The molecule has 0 unspecified atom stereocenters. The van der Waals surface area contributed by atoms with Crippen LogP contribution in [0.15, 0.2) is 30.9 Å². The number of carbonyl (C=O) groups excluding carboxylic acids is 2. The molecule has 1 rings (SSSR count). The maximum Gasteiger partial charge on any atom is 0.255 e. The molecule has 0 aliphatic rings. The number of hydrogen-bond donors (Lipinski definition) is 2. The van der Waals surface area contributed by atoms with E-state index in [1.54, 1.807) is 6.08 Å². The second-order valence-corrected chi connectivity index (χ2v) is 4.25. The summed E-state index contributed by atoms with van der Waals surface area (Å²) in [4.78, 5) is 23.0. The molecule has 0 radical (unpaired) electrons. The molecular formula is C14H16F2N2O2. The maximum atomic E-state index is 13.4. The second kappa shape index (κ2) is 7.37. The number of hydrogen-bond acceptors (Lipinski definition) is 2. The SMILES string of the molecule is C=CCCC[C@H](NC(=O)c1cccc(F)c1F)C(N)=O. The molecule has 0 aromatic heterocycles.